The first-order valence-electron chi connectivity index (χ1n) is 12.9. The number of thiazole rings is 1. The molecular formula is C25H32B2N8O2S. The van der Waals surface area contributed by atoms with E-state index in [9.17, 15) is 4.79 Å². The smallest absolute Gasteiger partial charge is 0.276 e. The van der Waals surface area contributed by atoms with Gasteiger partial charge in [-0.2, -0.15) is 0 Å². The van der Waals surface area contributed by atoms with Crippen molar-refractivity contribution in [2.75, 3.05) is 43.1 Å². The van der Waals surface area contributed by atoms with Crippen LogP contribution in [0.25, 0.3) is 0 Å². The molecule has 1 fully saturated rings. The fraction of sp³-hybridized carbons (Fsp3) is 0.440. The molecule has 3 aliphatic rings. The summed E-state index contributed by atoms with van der Waals surface area (Å²) in [6.45, 7) is 2.55. The molecule has 13 heteroatoms. The van der Waals surface area contributed by atoms with E-state index in [1.807, 2.05) is 6.07 Å². The molecular weight excluding hydrogens is 498 g/mol. The Morgan fingerprint density at radius 3 is 2.68 bits per heavy atom. The minimum atomic E-state index is -0.310. The van der Waals surface area contributed by atoms with Gasteiger partial charge in [0.1, 0.15) is 27.3 Å². The van der Waals surface area contributed by atoms with E-state index in [4.69, 9.17) is 21.9 Å². The molecule has 1 spiro atoms. The van der Waals surface area contributed by atoms with Gasteiger partial charge in [-0.25, -0.2) is 15.0 Å². The lowest BCUT2D eigenvalue weighted by atomic mass is 9.51. The molecule has 3 aromatic rings. The third-order valence-corrected chi connectivity index (χ3v) is 9.39. The van der Waals surface area contributed by atoms with Crippen molar-refractivity contribution in [1.29, 1.82) is 0 Å². The van der Waals surface area contributed by atoms with Crippen molar-refractivity contribution in [3.63, 3.8) is 0 Å². The molecule has 1 unspecified atom stereocenters. The predicted octanol–water partition coefficient (Wildman–Crippen LogP) is 0.0238. The summed E-state index contributed by atoms with van der Waals surface area (Å²) in [7, 11) is 5.82. The SMILES string of the molecule is BC1(B)CN(C(=O)c2ncc(N3CCC4(CC3)Cc3ccc(OC)cc3C4N)nc2N)Cc2sc(N)nc21. The zero-order chi connectivity index (χ0) is 26.8. The van der Waals surface area contributed by atoms with Crippen molar-refractivity contribution in [2.45, 2.75) is 37.1 Å². The van der Waals surface area contributed by atoms with Crippen LogP contribution < -0.4 is 26.8 Å². The molecule has 2 aromatic heterocycles. The lowest BCUT2D eigenvalue weighted by Crippen LogP contribution is -2.49. The minimum Gasteiger partial charge on any atom is -0.497 e. The molecule has 0 bridgehead atoms. The third kappa shape index (κ3) is 3.99. The molecule has 0 radical (unpaired) electrons. The van der Waals surface area contributed by atoms with E-state index < -0.39 is 0 Å². The first kappa shape index (κ1) is 25.0. The number of hydrogen-bond donors (Lipinski definition) is 3. The molecule has 1 saturated heterocycles. The molecule has 1 aromatic carbocycles. The highest BCUT2D eigenvalue weighted by molar-refractivity contribution is 7.15. The highest BCUT2D eigenvalue weighted by Crippen LogP contribution is 2.51. The lowest BCUT2D eigenvalue weighted by molar-refractivity contribution is 0.0720. The standard InChI is InChI=1S/C25H32B2N8O2S/c1-37-14-3-2-13-9-24(19(28)15(13)8-14)4-6-34(7-5-24)17-10-31-18(21(29)32-17)22(36)35-11-16-20(25(26,27)12-35)33-23(30)38-16/h2-3,8,10,19H,4-7,9,11-12,26-28H2,1H3,(H2,29,32)(H2,30,33). The van der Waals surface area contributed by atoms with Crippen molar-refractivity contribution in [3.8, 4) is 5.75 Å². The fourth-order valence-corrected chi connectivity index (χ4v) is 7.46. The Balaban J connectivity index is 1.15. The number of methoxy groups -OCH3 is 1. The molecule has 2 aliphatic heterocycles. The Labute approximate surface area is 227 Å². The molecule has 4 heterocycles. The van der Waals surface area contributed by atoms with E-state index in [1.54, 1.807) is 18.2 Å². The second-order valence-corrected chi connectivity index (χ2v) is 12.5. The first-order chi connectivity index (χ1) is 18.1. The van der Waals surface area contributed by atoms with Crippen LogP contribution in [0.1, 0.15) is 51.1 Å². The van der Waals surface area contributed by atoms with Gasteiger partial charge < -0.3 is 31.7 Å². The number of hydrogen-bond acceptors (Lipinski definition) is 10. The zero-order valence-corrected chi connectivity index (χ0v) is 22.8. The van der Waals surface area contributed by atoms with Crippen LogP contribution >= 0.6 is 11.3 Å². The number of carbonyl (C=O) groups excluding carboxylic acids is 1. The fourth-order valence-electron chi connectivity index (χ4n) is 6.43. The number of nitrogens with zero attached hydrogens (tertiary/aromatic N) is 5. The van der Waals surface area contributed by atoms with Crippen molar-refractivity contribution in [3.05, 3.63) is 51.8 Å². The zero-order valence-electron chi connectivity index (χ0n) is 22.0. The molecule has 196 valence electrons. The summed E-state index contributed by atoms with van der Waals surface area (Å²) >= 11 is 1.42. The number of nitrogen functional groups attached to an aromatic ring is 2. The van der Waals surface area contributed by atoms with Gasteiger partial charge in [0.15, 0.2) is 16.6 Å². The Morgan fingerprint density at radius 1 is 1.21 bits per heavy atom. The number of aromatic nitrogens is 3. The highest BCUT2D eigenvalue weighted by atomic mass is 32.1. The molecule has 10 nitrogen and oxygen atoms in total. The summed E-state index contributed by atoms with van der Waals surface area (Å²) < 4.78 is 5.42. The number of rotatable bonds is 3. The summed E-state index contributed by atoms with van der Waals surface area (Å²) in [5, 5.41) is 0.210. The topological polar surface area (TPSA) is 150 Å². The number of benzene rings is 1. The van der Waals surface area contributed by atoms with Crippen LogP contribution in [0.15, 0.2) is 24.4 Å². The number of nitrogens with two attached hydrogens (primary N) is 3. The van der Waals surface area contributed by atoms with E-state index in [-0.39, 0.29) is 34.1 Å². The maximum Gasteiger partial charge on any atom is 0.276 e. The Morgan fingerprint density at radius 2 is 1.97 bits per heavy atom. The van der Waals surface area contributed by atoms with Gasteiger partial charge in [-0.3, -0.25) is 4.79 Å². The first-order valence-corrected chi connectivity index (χ1v) is 13.8. The maximum atomic E-state index is 13.4. The van der Waals surface area contributed by atoms with Crippen LogP contribution in [0.2, 0.25) is 0 Å². The lowest BCUT2D eigenvalue weighted by Gasteiger charge is -2.42. The number of anilines is 3. The second kappa shape index (κ2) is 8.88. The summed E-state index contributed by atoms with van der Waals surface area (Å²) in [4.78, 5) is 32.0. The largest absolute Gasteiger partial charge is 0.497 e. The number of amides is 1. The molecule has 1 atom stereocenters. The van der Waals surface area contributed by atoms with Crippen molar-refractivity contribution < 1.29 is 9.53 Å². The number of carbonyl (C=O) groups is 1. The van der Waals surface area contributed by atoms with Gasteiger partial charge >= 0.3 is 0 Å². The molecule has 1 amide bonds. The van der Waals surface area contributed by atoms with Gasteiger partial charge in [-0.1, -0.05) is 6.07 Å². The molecule has 0 saturated carbocycles. The Kier molecular flexibility index (Phi) is 5.84. The predicted molar refractivity (Wildman–Crippen MR) is 154 cm³/mol. The normalized spacial score (nSPS) is 21.3. The third-order valence-electron chi connectivity index (χ3n) is 8.53. The van der Waals surface area contributed by atoms with Crippen LogP contribution in [0.3, 0.4) is 0 Å². The average molecular weight is 530 g/mol. The number of ether oxygens (including phenoxy) is 1. The minimum absolute atomic E-state index is 0.0193. The van der Waals surface area contributed by atoms with Gasteiger partial charge in [0.05, 0.1) is 25.5 Å². The summed E-state index contributed by atoms with van der Waals surface area (Å²) in [6, 6.07) is 6.22. The van der Waals surface area contributed by atoms with Crippen molar-refractivity contribution >= 4 is 49.7 Å². The van der Waals surface area contributed by atoms with Gasteiger partial charge in [-0.05, 0) is 53.2 Å². The quantitative estimate of drug-likeness (QED) is 0.399. The van der Waals surface area contributed by atoms with E-state index in [2.05, 4.69) is 47.7 Å². The van der Waals surface area contributed by atoms with E-state index in [1.165, 1.54) is 22.5 Å². The monoisotopic (exact) mass is 530 g/mol. The van der Waals surface area contributed by atoms with Gasteiger partial charge in [0.25, 0.3) is 5.91 Å². The van der Waals surface area contributed by atoms with Crippen molar-refractivity contribution in [2.24, 2.45) is 11.1 Å². The molecule has 6 N–H and O–H groups in total. The van der Waals surface area contributed by atoms with Crippen LogP contribution in [-0.2, 0) is 18.2 Å². The van der Waals surface area contributed by atoms with Crippen molar-refractivity contribution in [1.82, 2.24) is 19.9 Å². The maximum absolute atomic E-state index is 13.4. The Hall–Kier alpha value is -3.31. The van der Waals surface area contributed by atoms with Gasteiger partial charge in [0.2, 0.25) is 0 Å². The van der Waals surface area contributed by atoms with Gasteiger partial charge in [-0.15, -0.1) is 11.3 Å². The summed E-state index contributed by atoms with van der Waals surface area (Å²) in [6.07, 6.45) is 4.52. The van der Waals surface area contributed by atoms with Gasteiger partial charge in [0, 0.05) is 30.6 Å². The van der Waals surface area contributed by atoms with E-state index >= 15 is 0 Å². The second-order valence-electron chi connectivity index (χ2n) is 11.4. The molecule has 38 heavy (non-hydrogen) atoms. The summed E-state index contributed by atoms with van der Waals surface area (Å²) in [5.74, 6) is 1.46. The highest BCUT2D eigenvalue weighted by Gasteiger charge is 2.46. The molecule has 1 aliphatic carbocycles. The van der Waals surface area contributed by atoms with Crippen LogP contribution in [0, 0.1) is 5.41 Å². The van der Waals surface area contributed by atoms with Crippen LogP contribution in [-0.4, -0.2) is 68.2 Å². The van der Waals surface area contributed by atoms with E-state index in [0.717, 1.165) is 48.7 Å². The molecule has 6 rings (SSSR count). The average Bonchev–Trinajstić information content (AvgIpc) is 3.41. The van der Waals surface area contributed by atoms with Crippen LogP contribution in [0.5, 0.6) is 5.75 Å². The number of piperidine rings is 1. The van der Waals surface area contributed by atoms with Crippen LogP contribution in [0.4, 0.5) is 16.8 Å². The summed E-state index contributed by atoms with van der Waals surface area (Å²) in [5.41, 5.74) is 22.7. The number of fused-ring (bicyclic) bond motifs is 2. The van der Waals surface area contributed by atoms with E-state index in [0.29, 0.717) is 24.0 Å². The Bertz CT molecular complexity index is 1420.